The van der Waals surface area contributed by atoms with E-state index in [1.807, 2.05) is 23.8 Å². The summed E-state index contributed by atoms with van der Waals surface area (Å²) in [4.78, 5) is 11.9. The van der Waals surface area contributed by atoms with E-state index in [1.54, 1.807) is 6.20 Å². The largest absolute Gasteiger partial charge is 1.00 e. The second kappa shape index (κ2) is 6.47. The van der Waals surface area contributed by atoms with Crippen molar-refractivity contribution in [2.45, 2.75) is 44.6 Å². The molecule has 5 nitrogen and oxygen atoms in total. The number of pyridine rings is 1. The summed E-state index contributed by atoms with van der Waals surface area (Å²) < 4.78 is 29.5. The van der Waals surface area contributed by atoms with Crippen LogP contribution in [0, 0.1) is 6.92 Å². The van der Waals surface area contributed by atoms with Crippen LogP contribution in [0.4, 0.5) is 8.78 Å². The summed E-state index contributed by atoms with van der Waals surface area (Å²) in [5, 5.41) is 0.946. The Morgan fingerprint density at radius 3 is 2.91 bits per heavy atom. The molecule has 3 aromatic rings. The molecule has 3 aromatic heterocycles. The Morgan fingerprint density at radius 1 is 1.39 bits per heavy atom. The fourth-order valence-electron chi connectivity index (χ4n) is 3.52. The van der Waals surface area contributed by atoms with Gasteiger partial charge >= 0.3 is 29.6 Å². The molecule has 1 fully saturated rings. The van der Waals surface area contributed by atoms with Gasteiger partial charge in [0.1, 0.15) is 17.0 Å². The van der Waals surface area contributed by atoms with Crippen LogP contribution in [0.2, 0.25) is 0 Å². The van der Waals surface area contributed by atoms with Gasteiger partial charge < -0.3 is 15.0 Å². The predicted octanol–water partition coefficient (Wildman–Crippen LogP) is 0.799. The molecule has 4 rings (SSSR count). The SMILES string of the molecule is Cc1nc2cnc3[nH]ccc3c2n1C1CCCC(F)(F)C1.[Na+].[OH-]. The van der Waals surface area contributed by atoms with Gasteiger partial charge in [0.15, 0.2) is 0 Å². The topological polar surface area (TPSA) is 76.5 Å². The summed E-state index contributed by atoms with van der Waals surface area (Å²) in [5.41, 5.74) is 2.46. The van der Waals surface area contributed by atoms with Gasteiger partial charge in [0.2, 0.25) is 5.92 Å². The van der Waals surface area contributed by atoms with E-state index in [0.29, 0.717) is 6.42 Å². The predicted molar refractivity (Wildman–Crippen MR) is 78.5 cm³/mol. The molecule has 0 aliphatic heterocycles. The van der Waals surface area contributed by atoms with Gasteiger partial charge in [-0.1, -0.05) is 0 Å². The molecule has 1 saturated carbocycles. The Hall–Kier alpha value is -1.02. The third-order valence-corrected chi connectivity index (χ3v) is 4.39. The van der Waals surface area contributed by atoms with Crippen LogP contribution in [0.5, 0.6) is 0 Å². The molecular weight excluding hydrogens is 313 g/mol. The van der Waals surface area contributed by atoms with E-state index in [1.165, 1.54) is 0 Å². The van der Waals surface area contributed by atoms with Gasteiger partial charge in [-0.05, 0) is 25.8 Å². The molecule has 0 aromatic carbocycles. The van der Waals surface area contributed by atoms with Crippen LogP contribution in [0.25, 0.3) is 22.1 Å². The van der Waals surface area contributed by atoms with Gasteiger partial charge in [0.05, 0.1) is 11.7 Å². The van der Waals surface area contributed by atoms with Crippen molar-refractivity contribution in [2.75, 3.05) is 0 Å². The van der Waals surface area contributed by atoms with E-state index in [9.17, 15) is 8.78 Å². The number of hydrogen-bond acceptors (Lipinski definition) is 3. The Kier molecular flexibility index (Phi) is 5.15. The maximum atomic E-state index is 13.8. The van der Waals surface area contributed by atoms with Crippen LogP contribution in [0.1, 0.15) is 37.5 Å². The van der Waals surface area contributed by atoms with Gasteiger partial charge in [-0.3, -0.25) is 0 Å². The second-order valence-corrected chi connectivity index (χ2v) is 5.87. The summed E-state index contributed by atoms with van der Waals surface area (Å²) in [7, 11) is 0. The summed E-state index contributed by atoms with van der Waals surface area (Å²) in [6.07, 6.45) is 4.75. The van der Waals surface area contributed by atoms with Crippen molar-refractivity contribution in [3.05, 3.63) is 24.3 Å². The Balaban J connectivity index is 0.000000960. The number of aryl methyl sites for hydroxylation is 1. The number of fused-ring (bicyclic) bond motifs is 3. The van der Waals surface area contributed by atoms with Crippen LogP contribution in [0.3, 0.4) is 0 Å². The van der Waals surface area contributed by atoms with Crippen molar-refractivity contribution in [1.29, 1.82) is 0 Å². The molecule has 1 unspecified atom stereocenters. The molecular formula is C15H17F2N4NaO. The number of nitrogens with one attached hydrogen (secondary N) is 1. The van der Waals surface area contributed by atoms with E-state index in [-0.39, 0.29) is 53.9 Å². The number of nitrogens with zero attached hydrogens (tertiary/aromatic N) is 3. The standard InChI is InChI=1S/C15H16F2N4.Na.H2O/c1-9-20-12-8-19-14-11(4-6-18-14)13(12)21(9)10-3-2-5-15(16,17)7-10;;/h4,6,8,10H,2-3,5,7H2,1H3,(H,18,19);;1H2/q;+1;/p-1. The molecule has 8 heteroatoms. The first-order valence-electron chi connectivity index (χ1n) is 7.24. The summed E-state index contributed by atoms with van der Waals surface area (Å²) in [6, 6.07) is 1.74. The second-order valence-electron chi connectivity index (χ2n) is 5.87. The van der Waals surface area contributed by atoms with Crippen molar-refractivity contribution in [3.63, 3.8) is 0 Å². The van der Waals surface area contributed by atoms with Gasteiger partial charge in [-0.25, -0.2) is 18.7 Å². The fourth-order valence-corrected chi connectivity index (χ4v) is 3.52. The molecule has 2 N–H and O–H groups in total. The monoisotopic (exact) mass is 330 g/mol. The Bertz CT molecular complexity index is 829. The van der Waals surface area contributed by atoms with Gasteiger partial charge in [-0.2, -0.15) is 0 Å². The minimum Gasteiger partial charge on any atom is -0.870 e. The molecule has 0 saturated heterocycles. The molecule has 3 heterocycles. The van der Waals surface area contributed by atoms with E-state index >= 15 is 0 Å². The number of rotatable bonds is 1. The molecule has 1 aliphatic rings. The number of H-pyrrole nitrogens is 1. The van der Waals surface area contributed by atoms with E-state index in [4.69, 9.17) is 0 Å². The third-order valence-electron chi connectivity index (χ3n) is 4.39. The minimum atomic E-state index is -2.57. The third kappa shape index (κ3) is 3.03. The van der Waals surface area contributed by atoms with Gasteiger partial charge in [0.25, 0.3) is 0 Å². The number of aromatic amines is 1. The normalized spacial score (nSPS) is 20.2. The van der Waals surface area contributed by atoms with Crippen molar-refractivity contribution in [3.8, 4) is 0 Å². The van der Waals surface area contributed by atoms with Crippen LogP contribution < -0.4 is 29.6 Å². The van der Waals surface area contributed by atoms with Crippen LogP contribution >= 0.6 is 0 Å². The van der Waals surface area contributed by atoms with Crippen molar-refractivity contribution >= 4 is 22.1 Å². The number of hydrogen-bond donors (Lipinski definition) is 1. The molecule has 23 heavy (non-hydrogen) atoms. The van der Waals surface area contributed by atoms with Gasteiger partial charge in [-0.15, -0.1) is 0 Å². The number of aromatic nitrogens is 4. The minimum absolute atomic E-state index is 0. The van der Waals surface area contributed by atoms with Crippen LogP contribution in [-0.2, 0) is 0 Å². The fraction of sp³-hybridized carbons (Fsp3) is 0.467. The molecule has 0 radical (unpaired) electrons. The van der Waals surface area contributed by atoms with E-state index in [0.717, 1.165) is 34.3 Å². The summed E-state index contributed by atoms with van der Waals surface area (Å²) >= 11 is 0. The maximum Gasteiger partial charge on any atom is 1.00 e. The molecule has 1 atom stereocenters. The average Bonchev–Trinajstić information content (AvgIpc) is 2.99. The van der Waals surface area contributed by atoms with E-state index < -0.39 is 5.92 Å². The molecule has 0 spiro atoms. The van der Waals surface area contributed by atoms with Crippen LogP contribution in [0.15, 0.2) is 18.5 Å². The first-order valence-corrected chi connectivity index (χ1v) is 7.24. The van der Waals surface area contributed by atoms with E-state index in [2.05, 4.69) is 15.0 Å². The molecule has 1 aliphatic carbocycles. The van der Waals surface area contributed by atoms with Crippen molar-refractivity contribution in [1.82, 2.24) is 19.5 Å². The van der Waals surface area contributed by atoms with Gasteiger partial charge in [0, 0.05) is 30.5 Å². The number of alkyl halides is 2. The quantitative estimate of drug-likeness (QED) is 0.671. The van der Waals surface area contributed by atoms with Crippen molar-refractivity contribution in [2.24, 2.45) is 0 Å². The first kappa shape index (κ1) is 18.3. The Labute approximate surface area is 154 Å². The summed E-state index contributed by atoms with van der Waals surface area (Å²) in [5.74, 6) is -1.79. The zero-order valence-electron chi connectivity index (χ0n) is 13.2. The average molecular weight is 330 g/mol. The molecule has 0 bridgehead atoms. The van der Waals surface area contributed by atoms with Crippen LogP contribution in [-0.4, -0.2) is 30.9 Å². The zero-order valence-corrected chi connectivity index (χ0v) is 15.2. The first-order chi connectivity index (χ1) is 10.1. The number of halogens is 2. The smallest absolute Gasteiger partial charge is 0.870 e. The molecule has 0 amide bonds. The zero-order chi connectivity index (χ0) is 14.6. The molecule has 118 valence electrons. The number of imidazole rings is 1. The maximum absolute atomic E-state index is 13.8. The summed E-state index contributed by atoms with van der Waals surface area (Å²) in [6.45, 7) is 1.88. The van der Waals surface area contributed by atoms with Crippen molar-refractivity contribution < 1.29 is 43.8 Å². The Morgan fingerprint density at radius 2 is 2.17 bits per heavy atom.